The molecule has 4 rings (SSSR count). The second-order valence-electron chi connectivity index (χ2n) is 8.59. The van der Waals surface area contributed by atoms with Gasteiger partial charge >= 0.3 is 0 Å². The average molecular weight is 426 g/mol. The summed E-state index contributed by atoms with van der Waals surface area (Å²) in [5.41, 5.74) is 1.43. The number of hydrogen-bond acceptors (Lipinski definition) is 1. The number of fused-ring (bicyclic) bond motifs is 5. The van der Waals surface area contributed by atoms with E-state index in [9.17, 15) is 5.11 Å². The molecule has 23 heavy (non-hydrogen) atoms. The molecule has 0 radical (unpaired) electrons. The topological polar surface area (TPSA) is 20.2 Å². The van der Waals surface area contributed by atoms with Crippen molar-refractivity contribution < 1.29 is 5.11 Å². The summed E-state index contributed by atoms with van der Waals surface area (Å²) in [7, 11) is 0. The normalized spacial score (nSPS) is 49.4. The highest BCUT2D eigenvalue weighted by Gasteiger charge is 2.62. The molecule has 0 heterocycles. The van der Waals surface area contributed by atoms with E-state index in [1.165, 1.54) is 51.4 Å². The molecule has 0 aromatic rings. The summed E-state index contributed by atoms with van der Waals surface area (Å²) in [6.07, 6.45) is 17.6. The summed E-state index contributed by atoms with van der Waals surface area (Å²) in [4.78, 5) is 0. The molecule has 128 valence electrons. The van der Waals surface area contributed by atoms with Crippen molar-refractivity contribution in [1.29, 1.82) is 0 Å². The zero-order valence-electron chi connectivity index (χ0n) is 14.4. The maximum atomic E-state index is 11.5. The quantitative estimate of drug-likeness (QED) is 0.423. The fourth-order valence-corrected chi connectivity index (χ4v) is 7.86. The molecule has 0 spiro atoms. The van der Waals surface area contributed by atoms with Gasteiger partial charge in [-0.3, -0.25) is 0 Å². The summed E-state index contributed by atoms with van der Waals surface area (Å²) < 4.78 is 2.06. The van der Waals surface area contributed by atoms with Gasteiger partial charge in [0.1, 0.15) is 0 Å². The maximum Gasteiger partial charge on any atom is 0.0893 e. The molecule has 4 aliphatic carbocycles. The number of hydrogen-bond donors (Lipinski definition) is 1. The van der Waals surface area contributed by atoms with E-state index in [0.717, 1.165) is 36.5 Å². The molecule has 0 aromatic carbocycles. The zero-order chi connectivity index (χ0) is 16.1. The summed E-state index contributed by atoms with van der Waals surface area (Å²) in [6, 6.07) is 0. The molecule has 2 heteroatoms. The van der Waals surface area contributed by atoms with Crippen LogP contribution in [0.15, 0.2) is 21.8 Å². The Hall–Kier alpha value is 0.170. The van der Waals surface area contributed by atoms with Gasteiger partial charge in [0.25, 0.3) is 0 Å². The first kappa shape index (κ1) is 16.6. The molecule has 0 amide bonds. The van der Waals surface area contributed by atoms with Crippen LogP contribution in [-0.2, 0) is 0 Å². The molecule has 0 saturated heterocycles. The predicted molar refractivity (Wildman–Crippen MR) is 104 cm³/mol. The van der Waals surface area contributed by atoms with Gasteiger partial charge in [-0.15, -0.1) is 0 Å². The van der Waals surface area contributed by atoms with Crippen molar-refractivity contribution in [1.82, 2.24) is 0 Å². The lowest BCUT2D eigenvalue weighted by Crippen LogP contribution is -2.53. The van der Waals surface area contributed by atoms with Crippen molar-refractivity contribution in [3.8, 4) is 0 Å². The summed E-state index contributed by atoms with van der Waals surface area (Å²) in [5.74, 6) is 3.45. The van der Waals surface area contributed by atoms with Crippen molar-refractivity contribution in [3.05, 3.63) is 21.8 Å². The van der Waals surface area contributed by atoms with Crippen LogP contribution in [0.25, 0.3) is 0 Å². The average Bonchev–Trinajstić information content (AvgIpc) is 2.88. The van der Waals surface area contributed by atoms with Gasteiger partial charge in [0.05, 0.1) is 5.60 Å². The highest BCUT2D eigenvalue weighted by atomic mass is 127. The standard InChI is InChI=1S/C21H31IO/c1-2-20-11-9-17-16-6-4-3-5-15(16)7-8-18(17)19(20)10-12-21(20,23)13-14-22/h5,13-14,16-19,23H,2-4,6-12H2,1H3/b14-13+/t16-,17+,18+,19-,20-,21+/m0/s1. The van der Waals surface area contributed by atoms with E-state index >= 15 is 0 Å². The van der Waals surface area contributed by atoms with Crippen LogP contribution in [0.2, 0.25) is 0 Å². The summed E-state index contributed by atoms with van der Waals surface area (Å²) in [5, 5.41) is 11.5. The molecule has 3 saturated carbocycles. The van der Waals surface area contributed by atoms with Gasteiger partial charge in [0, 0.05) is 5.41 Å². The summed E-state index contributed by atoms with van der Waals surface area (Å²) >= 11 is 2.29. The Bertz CT molecular complexity index is 524. The summed E-state index contributed by atoms with van der Waals surface area (Å²) in [6.45, 7) is 2.33. The van der Waals surface area contributed by atoms with E-state index in [1.807, 2.05) is 5.57 Å². The second-order valence-corrected chi connectivity index (χ2v) is 9.31. The Morgan fingerprint density at radius 3 is 2.87 bits per heavy atom. The lowest BCUT2D eigenvalue weighted by atomic mass is 9.49. The molecule has 1 nitrogen and oxygen atoms in total. The highest BCUT2D eigenvalue weighted by molar-refractivity contribution is 14.1. The largest absolute Gasteiger partial charge is 0.385 e. The molecule has 4 aliphatic rings. The molecule has 3 fully saturated rings. The Labute approximate surface area is 155 Å². The third-order valence-electron chi connectivity index (χ3n) is 8.25. The Balaban J connectivity index is 1.67. The predicted octanol–water partition coefficient (Wildman–Crippen LogP) is 6.02. The van der Waals surface area contributed by atoms with Crippen LogP contribution in [0, 0.1) is 29.1 Å². The van der Waals surface area contributed by atoms with Gasteiger partial charge in [-0.2, -0.15) is 0 Å². The monoisotopic (exact) mass is 426 g/mol. The number of aliphatic hydroxyl groups is 1. The zero-order valence-corrected chi connectivity index (χ0v) is 16.6. The lowest BCUT2D eigenvalue weighted by Gasteiger charge is -2.56. The maximum absolute atomic E-state index is 11.5. The van der Waals surface area contributed by atoms with Gasteiger partial charge in [-0.1, -0.05) is 41.2 Å². The Morgan fingerprint density at radius 1 is 1.22 bits per heavy atom. The SMILES string of the molecule is CC[C@]12CC[C@H]3[C@@H](CCC4=CCCC[C@@H]43)[C@@H]1CC[C@@]2(O)/C=C/I. The molecular formula is C21H31IO. The van der Waals surface area contributed by atoms with Crippen LogP contribution in [0.5, 0.6) is 0 Å². The van der Waals surface area contributed by atoms with E-state index in [4.69, 9.17) is 0 Å². The van der Waals surface area contributed by atoms with Gasteiger partial charge in [0.2, 0.25) is 0 Å². The van der Waals surface area contributed by atoms with Crippen molar-refractivity contribution in [2.24, 2.45) is 29.1 Å². The first-order valence-corrected chi connectivity index (χ1v) is 11.1. The van der Waals surface area contributed by atoms with E-state index in [0.29, 0.717) is 0 Å². The molecule has 0 unspecified atom stereocenters. The van der Waals surface area contributed by atoms with Gasteiger partial charge in [-0.25, -0.2) is 0 Å². The molecule has 0 bridgehead atoms. The minimum atomic E-state index is -0.540. The van der Waals surface area contributed by atoms with Crippen molar-refractivity contribution in [2.75, 3.05) is 0 Å². The molecule has 1 N–H and O–H groups in total. The Kier molecular flexibility index (Phi) is 4.45. The smallest absolute Gasteiger partial charge is 0.0893 e. The number of halogens is 1. The van der Waals surface area contributed by atoms with Crippen molar-refractivity contribution >= 4 is 22.6 Å². The van der Waals surface area contributed by atoms with Crippen LogP contribution in [0.1, 0.15) is 71.1 Å². The number of rotatable bonds is 2. The fraction of sp³-hybridized carbons (Fsp3) is 0.810. The van der Waals surface area contributed by atoms with Crippen LogP contribution in [0.4, 0.5) is 0 Å². The molecular weight excluding hydrogens is 395 g/mol. The van der Waals surface area contributed by atoms with Crippen molar-refractivity contribution in [3.63, 3.8) is 0 Å². The van der Waals surface area contributed by atoms with E-state index in [1.54, 1.807) is 0 Å². The third kappa shape index (κ3) is 2.33. The van der Waals surface area contributed by atoms with Crippen LogP contribution < -0.4 is 0 Å². The van der Waals surface area contributed by atoms with Gasteiger partial charge < -0.3 is 5.11 Å². The van der Waals surface area contributed by atoms with Crippen LogP contribution in [0.3, 0.4) is 0 Å². The molecule has 0 aromatic heterocycles. The Morgan fingerprint density at radius 2 is 2.09 bits per heavy atom. The third-order valence-corrected chi connectivity index (χ3v) is 8.61. The van der Waals surface area contributed by atoms with Crippen molar-refractivity contribution in [2.45, 2.75) is 76.7 Å². The second kappa shape index (κ2) is 6.16. The van der Waals surface area contributed by atoms with E-state index < -0.39 is 5.60 Å². The van der Waals surface area contributed by atoms with Gasteiger partial charge in [0.15, 0.2) is 0 Å². The van der Waals surface area contributed by atoms with E-state index in [-0.39, 0.29) is 5.41 Å². The molecule has 0 aliphatic heterocycles. The highest BCUT2D eigenvalue weighted by Crippen LogP contribution is 2.66. The van der Waals surface area contributed by atoms with Gasteiger partial charge in [-0.05, 0) is 98.0 Å². The first-order chi connectivity index (χ1) is 11.1. The van der Waals surface area contributed by atoms with Crippen LogP contribution >= 0.6 is 22.6 Å². The lowest BCUT2D eigenvalue weighted by molar-refractivity contribution is -0.104. The number of allylic oxidation sites excluding steroid dienone is 2. The van der Waals surface area contributed by atoms with E-state index in [2.05, 4.69) is 45.7 Å². The minimum absolute atomic E-state index is 0.158. The minimum Gasteiger partial charge on any atom is -0.385 e. The van der Waals surface area contributed by atoms with Crippen LogP contribution in [-0.4, -0.2) is 10.7 Å². The first-order valence-electron chi connectivity index (χ1n) is 9.84. The fourth-order valence-electron chi connectivity index (χ4n) is 7.27. The molecule has 6 atom stereocenters.